The van der Waals surface area contributed by atoms with Gasteiger partial charge in [-0.1, -0.05) is 0 Å². The fraction of sp³-hybridized carbons (Fsp3) is 0.333. The van der Waals surface area contributed by atoms with Crippen molar-refractivity contribution in [2.45, 2.75) is 12.8 Å². The highest BCUT2D eigenvalue weighted by Gasteiger charge is 2.24. The molecule has 1 saturated heterocycles. The Morgan fingerprint density at radius 2 is 1.80 bits per heavy atom. The van der Waals surface area contributed by atoms with E-state index in [4.69, 9.17) is 15.9 Å². The van der Waals surface area contributed by atoms with E-state index in [2.05, 4.69) is 5.32 Å². The molecule has 0 saturated carbocycles. The molecule has 2 aromatic rings. The number of aliphatic hydroxyl groups is 1. The van der Waals surface area contributed by atoms with Gasteiger partial charge in [-0.2, -0.15) is 0 Å². The average molecular weight is 486 g/mol. The van der Waals surface area contributed by atoms with Gasteiger partial charge in [0.05, 0.1) is 25.4 Å². The monoisotopic (exact) mass is 485 g/mol. The Bertz CT molecular complexity index is 1090. The first kappa shape index (κ1) is 25.8. The van der Waals surface area contributed by atoms with Crippen molar-refractivity contribution < 1.29 is 28.6 Å². The second-order valence-electron chi connectivity index (χ2n) is 7.88. The zero-order valence-corrected chi connectivity index (χ0v) is 19.1. The Morgan fingerprint density at radius 1 is 1.11 bits per heavy atom. The van der Waals surface area contributed by atoms with E-state index in [0.717, 1.165) is 6.07 Å². The second kappa shape index (κ2) is 12.0. The number of hydrogen-bond donors (Lipinski definition) is 4. The minimum Gasteiger partial charge on any atom is -0.395 e. The number of nitrogens with two attached hydrogens (primary N) is 1. The van der Waals surface area contributed by atoms with Crippen molar-refractivity contribution in [2.24, 2.45) is 5.73 Å². The van der Waals surface area contributed by atoms with Gasteiger partial charge in [0.25, 0.3) is 5.91 Å². The molecule has 0 aromatic heterocycles. The van der Waals surface area contributed by atoms with E-state index in [9.17, 15) is 23.9 Å². The summed E-state index contributed by atoms with van der Waals surface area (Å²) < 4.78 is 19.7. The molecule has 0 unspecified atom stereocenters. The minimum absolute atomic E-state index is 0.0796. The summed E-state index contributed by atoms with van der Waals surface area (Å²) in [5.74, 6) is -2.17. The van der Waals surface area contributed by atoms with Crippen LogP contribution in [-0.4, -0.2) is 73.0 Å². The number of benzene rings is 2. The smallest absolute Gasteiger partial charge is 0.257 e. The molecule has 11 heteroatoms. The fourth-order valence-electron chi connectivity index (χ4n) is 3.59. The second-order valence-corrected chi connectivity index (χ2v) is 7.88. The lowest BCUT2D eigenvalue weighted by atomic mass is 10.1. The molecule has 0 aliphatic carbocycles. The topological polar surface area (TPSA) is 149 Å². The molecule has 0 spiro atoms. The minimum atomic E-state index is -0.711. The summed E-state index contributed by atoms with van der Waals surface area (Å²) >= 11 is 0. The van der Waals surface area contributed by atoms with Crippen molar-refractivity contribution in [3.63, 3.8) is 0 Å². The highest BCUT2D eigenvalue weighted by atomic mass is 19.1. The lowest BCUT2D eigenvalue weighted by molar-refractivity contribution is -0.122. The van der Waals surface area contributed by atoms with Gasteiger partial charge >= 0.3 is 0 Å². The number of amidine groups is 1. The van der Waals surface area contributed by atoms with Crippen LogP contribution in [0, 0.1) is 11.2 Å². The molecule has 35 heavy (non-hydrogen) atoms. The van der Waals surface area contributed by atoms with E-state index in [1.807, 2.05) is 0 Å². The molecule has 3 rings (SSSR count). The first-order valence-corrected chi connectivity index (χ1v) is 11.1. The van der Waals surface area contributed by atoms with Gasteiger partial charge in [-0.25, -0.2) is 4.39 Å². The van der Waals surface area contributed by atoms with E-state index < -0.39 is 23.5 Å². The summed E-state index contributed by atoms with van der Waals surface area (Å²) in [6.45, 7) is 0.979. The summed E-state index contributed by atoms with van der Waals surface area (Å²) in [6.07, 6.45) is -0.294. The van der Waals surface area contributed by atoms with Gasteiger partial charge in [-0.3, -0.25) is 19.8 Å². The maximum absolute atomic E-state index is 14.5. The molecule has 1 aliphatic heterocycles. The van der Waals surface area contributed by atoms with Gasteiger partial charge in [-0.15, -0.1) is 0 Å². The molecule has 10 nitrogen and oxygen atoms in total. The average Bonchev–Trinajstić information content (AvgIpc) is 2.86. The van der Waals surface area contributed by atoms with E-state index in [0.29, 0.717) is 37.6 Å². The van der Waals surface area contributed by atoms with E-state index in [1.165, 1.54) is 21.9 Å². The molecule has 1 heterocycles. The summed E-state index contributed by atoms with van der Waals surface area (Å²) in [4.78, 5) is 40.7. The number of nitrogen functional groups attached to an aromatic ring is 1. The number of halogens is 1. The van der Waals surface area contributed by atoms with Gasteiger partial charge in [0.2, 0.25) is 11.8 Å². The zero-order chi connectivity index (χ0) is 25.4. The lowest BCUT2D eigenvalue weighted by Crippen LogP contribution is -2.41. The van der Waals surface area contributed by atoms with Crippen LogP contribution in [0.3, 0.4) is 0 Å². The summed E-state index contributed by atoms with van der Waals surface area (Å²) in [5.41, 5.74) is 6.49. The number of ether oxygens (including phenoxy) is 1. The Balaban J connectivity index is 1.66. The third kappa shape index (κ3) is 6.84. The Morgan fingerprint density at radius 3 is 2.43 bits per heavy atom. The Kier molecular flexibility index (Phi) is 8.87. The van der Waals surface area contributed by atoms with Gasteiger partial charge in [-0.05, 0) is 42.5 Å². The third-order valence-corrected chi connectivity index (χ3v) is 5.46. The predicted molar refractivity (Wildman–Crippen MR) is 128 cm³/mol. The molecule has 1 fully saturated rings. The summed E-state index contributed by atoms with van der Waals surface area (Å²) in [6, 6.07) is 10.1. The first-order valence-electron chi connectivity index (χ1n) is 11.1. The maximum atomic E-state index is 14.5. The highest BCUT2D eigenvalue weighted by Crippen LogP contribution is 2.22. The zero-order valence-electron chi connectivity index (χ0n) is 19.1. The summed E-state index contributed by atoms with van der Waals surface area (Å²) in [7, 11) is 0. The lowest BCUT2D eigenvalue weighted by Gasteiger charge is -2.28. The molecule has 0 radical (unpaired) electrons. The SMILES string of the molecule is N=C(N)c1ccc(NC(=O)CCC(=O)N(CCO)c2ccc(F)c(C(=O)N3CCOCC3)c2)cc1. The number of aliphatic hydroxyl groups excluding tert-OH is 1. The predicted octanol–water partition coefficient (Wildman–Crippen LogP) is 1.33. The van der Waals surface area contributed by atoms with Crippen LogP contribution in [0.15, 0.2) is 42.5 Å². The Labute approximate surface area is 202 Å². The molecule has 1 aliphatic rings. The van der Waals surface area contributed by atoms with E-state index in [1.54, 1.807) is 24.3 Å². The molecule has 0 bridgehead atoms. The van der Waals surface area contributed by atoms with Crippen LogP contribution in [-0.2, 0) is 14.3 Å². The van der Waals surface area contributed by atoms with E-state index >= 15 is 0 Å². The van der Waals surface area contributed by atoms with Crippen molar-refractivity contribution >= 4 is 34.9 Å². The van der Waals surface area contributed by atoms with Crippen LogP contribution < -0.4 is 16.0 Å². The summed E-state index contributed by atoms with van der Waals surface area (Å²) in [5, 5.41) is 19.5. The molecule has 186 valence electrons. The number of nitrogens with zero attached hydrogens (tertiary/aromatic N) is 2. The van der Waals surface area contributed by atoms with Crippen LogP contribution in [0.5, 0.6) is 0 Å². The van der Waals surface area contributed by atoms with Crippen molar-refractivity contribution in [2.75, 3.05) is 49.7 Å². The molecular formula is C24H28FN5O5. The number of anilines is 2. The van der Waals surface area contributed by atoms with Crippen molar-refractivity contribution in [3.05, 3.63) is 59.4 Å². The highest BCUT2D eigenvalue weighted by molar-refractivity contribution is 6.00. The van der Waals surface area contributed by atoms with Gasteiger partial charge in [0, 0.05) is 49.4 Å². The first-order chi connectivity index (χ1) is 16.8. The van der Waals surface area contributed by atoms with Gasteiger partial charge in [0.15, 0.2) is 0 Å². The molecule has 3 amide bonds. The van der Waals surface area contributed by atoms with Crippen LogP contribution in [0.25, 0.3) is 0 Å². The number of hydrogen-bond acceptors (Lipinski definition) is 6. The quantitative estimate of drug-likeness (QED) is 0.311. The third-order valence-electron chi connectivity index (χ3n) is 5.46. The van der Waals surface area contributed by atoms with Crippen LogP contribution in [0.1, 0.15) is 28.8 Å². The van der Waals surface area contributed by atoms with Crippen molar-refractivity contribution in [1.82, 2.24) is 4.90 Å². The fourth-order valence-corrected chi connectivity index (χ4v) is 3.59. The van der Waals surface area contributed by atoms with Crippen molar-refractivity contribution in [1.29, 1.82) is 5.41 Å². The molecule has 2 aromatic carbocycles. The Hall–Kier alpha value is -3.83. The number of morpholine rings is 1. The van der Waals surface area contributed by atoms with Crippen LogP contribution in [0.4, 0.5) is 15.8 Å². The van der Waals surface area contributed by atoms with Crippen LogP contribution >= 0.6 is 0 Å². The number of carbonyl (C=O) groups is 3. The standard InChI is InChI=1S/C24H28FN5O5/c25-20-6-5-18(15-19(20)24(34)29-10-13-35-14-11-29)30(9-12-31)22(33)8-7-21(32)28-17-3-1-16(2-4-17)23(26)27/h1-6,15,31H,7-14H2,(H3,26,27)(H,28,32). The number of carbonyl (C=O) groups excluding carboxylic acids is 3. The number of nitrogens with one attached hydrogen (secondary N) is 2. The van der Waals surface area contributed by atoms with Crippen molar-refractivity contribution in [3.8, 4) is 0 Å². The van der Waals surface area contributed by atoms with Gasteiger partial charge < -0.3 is 30.7 Å². The molecule has 5 N–H and O–H groups in total. The number of rotatable bonds is 9. The van der Waals surface area contributed by atoms with E-state index in [-0.39, 0.29) is 43.1 Å². The normalized spacial score (nSPS) is 13.3. The van der Waals surface area contributed by atoms with Gasteiger partial charge in [0.1, 0.15) is 11.7 Å². The number of amides is 3. The maximum Gasteiger partial charge on any atom is 0.257 e. The largest absolute Gasteiger partial charge is 0.395 e. The molecular weight excluding hydrogens is 457 g/mol. The van der Waals surface area contributed by atoms with Crippen LogP contribution in [0.2, 0.25) is 0 Å². The molecule has 0 atom stereocenters.